The number of carbonyl (C=O) groups excluding carboxylic acids is 2. The van der Waals surface area contributed by atoms with Gasteiger partial charge in [0.1, 0.15) is 28.3 Å². The van der Waals surface area contributed by atoms with Crippen LogP contribution in [-0.2, 0) is 16.6 Å². The van der Waals surface area contributed by atoms with Gasteiger partial charge in [0.15, 0.2) is 4.34 Å². The van der Waals surface area contributed by atoms with Crippen LogP contribution in [0.4, 0.5) is 5.69 Å². The Morgan fingerprint density at radius 1 is 1.44 bits per heavy atom. The normalized spacial score (nSPS) is 20.1. The van der Waals surface area contributed by atoms with Crippen LogP contribution in [0.5, 0.6) is 0 Å². The first-order chi connectivity index (χ1) is 15.2. The van der Waals surface area contributed by atoms with Crippen molar-refractivity contribution in [3.8, 4) is 0 Å². The molecule has 1 fully saturated rings. The maximum absolute atomic E-state index is 12.7. The first kappa shape index (κ1) is 22.2. The molecule has 0 saturated carbocycles. The average molecular weight is 498 g/mol. The second-order valence-electron chi connectivity index (χ2n) is 6.79. The van der Waals surface area contributed by atoms with E-state index < -0.39 is 45.5 Å². The Hall–Kier alpha value is -2.98. The Labute approximate surface area is 192 Å². The van der Waals surface area contributed by atoms with E-state index in [0.717, 1.165) is 20.8 Å². The molecule has 2 aromatic heterocycles. The standard InChI is InChI=1S/C16H15N7O6S3/c1-6-18-19-16(32-6)31-5-7-4-30-14-10(13(25)22(14)11(7)15(26)27)17-12(24)9-8(23(28)29)3-21(2)20-9/h3,10,14H,4-5H2,1-2H3,(H,17,24)(H,26,27)/t10-,14-/m1/s1. The number of carbonyl (C=O) groups is 3. The summed E-state index contributed by atoms with van der Waals surface area (Å²) in [5.41, 5.74) is -0.442. The Kier molecular flexibility index (Phi) is 5.91. The summed E-state index contributed by atoms with van der Waals surface area (Å²) in [6.07, 6.45) is 1.09. The highest BCUT2D eigenvalue weighted by Crippen LogP contribution is 2.42. The summed E-state index contributed by atoms with van der Waals surface area (Å²) in [6, 6.07) is -1.01. The van der Waals surface area contributed by atoms with Gasteiger partial charge in [-0.15, -0.1) is 22.0 Å². The Bertz CT molecular complexity index is 1170. The molecule has 2 aliphatic heterocycles. The van der Waals surface area contributed by atoms with Crippen molar-refractivity contribution < 1.29 is 24.4 Å². The van der Waals surface area contributed by atoms with E-state index in [4.69, 9.17) is 0 Å². The molecule has 13 nitrogen and oxygen atoms in total. The molecule has 4 heterocycles. The average Bonchev–Trinajstić information content (AvgIpc) is 3.34. The number of nitrogens with zero attached hydrogens (tertiary/aromatic N) is 6. The van der Waals surface area contributed by atoms with Gasteiger partial charge in [-0.05, 0) is 12.5 Å². The Balaban J connectivity index is 1.50. The van der Waals surface area contributed by atoms with E-state index >= 15 is 0 Å². The van der Waals surface area contributed by atoms with Crippen LogP contribution in [0, 0.1) is 17.0 Å². The maximum Gasteiger partial charge on any atom is 0.352 e. The van der Waals surface area contributed by atoms with Crippen LogP contribution in [0.3, 0.4) is 0 Å². The van der Waals surface area contributed by atoms with Crippen molar-refractivity contribution in [3.05, 3.63) is 38.3 Å². The Morgan fingerprint density at radius 2 is 2.19 bits per heavy atom. The fourth-order valence-corrected chi connectivity index (χ4v) is 6.56. The number of hydrogen-bond donors (Lipinski definition) is 2. The number of hydrogen-bond acceptors (Lipinski definition) is 11. The van der Waals surface area contributed by atoms with Crippen molar-refractivity contribution in [3.63, 3.8) is 0 Å². The van der Waals surface area contributed by atoms with Crippen molar-refractivity contribution in [1.82, 2.24) is 30.2 Å². The van der Waals surface area contributed by atoms with Gasteiger partial charge >= 0.3 is 11.7 Å². The van der Waals surface area contributed by atoms with E-state index in [1.807, 2.05) is 6.92 Å². The van der Waals surface area contributed by atoms with Crippen LogP contribution in [-0.4, -0.2) is 75.6 Å². The molecule has 0 aromatic carbocycles. The number of rotatable bonds is 7. The number of fused-ring (bicyclic) bond motifs is 1. The van der Waals surface area contributed by atoms with Gasteiger partial charge in [0, 0.05) is 18.6 Å². The number of nitro groups is 1. The second-order valence-corrected chi connectivity index (χ2v) is 10.3. The number of nitrogens with one attached hydrogen (secondary N) is 1. The molecule has 2 aliphatic rings. The van der Waals surface area contributed by atoms with E-state index in [1.165, 1.54) is 41.9 Å². The van der Waals surface area contributed by atoms with Gasteiger partial charge in [-0.3, -0.25) is 29.3 Å². The quantitative estimate of drug-likeness (QED) is 0.238. The van der Waals surface area contributed by atoms with Crippen LogP contribution < -0.4 is 5.32 Å². The van der Waals surface area contributed by atoms with E-state index in [-0.39, 0.29) is 5.70 Å². The molecule has 2 amide bonds. The summed E-state index contributed by atoms with van der Waals surface area (Å²) in [6.45, 7) is 1.82. The monoisotopic (exact) mass is 497 g/mol. The number of aliphatic carboxylic acids is 1. The zero-order valence-corrected chi connectivity index (χ0v) is 19.0. The van der Waals surface area contributed by atoms with E-state index in [0.29, 0.717) is 21.4 Å². The lowest BCUT2D eigenvalue weighted by Gasteiger charge is -2.49. The highest BCUT2D eigenvalue weighted by molar-refractivity contribution is 8.01. The number of aromatic nitrogens is 4. The third-order valence-electron chi connectivity index (χ3n) is 4.64. The van der Waals surface area contributed by atoms with Crippen LogP contribution in [0.15, 0.2) is 21.8 Å². The molecule has 0 bridgehead atoms. The van der Waals surface area contributed by atoms with Gasteiger partial charge in [-0.2, -0.15) is 5.10 Å². The molecule has 0 spiro atoms. The summed E-state index contributed by atoms with van der Waals surface area (Å²) in [5, 5.41) is 35.2. The molecule has 4 rings (SSSR count). The molecule has 168 valence electrons. The van der Waals surface area contributed by atoms with Crippen molar-refractivity contribution in [1.29, 1.82) is 0 Å². The smallest absolute Gasteiger partial charge is 0.352 e. The van der Waals surface area contributed by atoms with Gasteiger partial charge in [-0.1, -0.05) is 23.1 Å². The summed E-state index contributed by atoms with van der Waals surface area (Å²) in [7, 11) is 1.43. The van der Waals surface area contributed by atoms with Crippen molar-refractivity contribution in [2.45, 2.75) is 22.7 Å². The lowest BCUT2D eigenvalue weighted by atomic mass is 10.0. The molecule has 0 aliphatic carbocycles. The largest absolute Gasteiger partial charge is 0.477 e. The molecule has 1 saturated heterocycles. The minimum Gasteiger partial charge on any atom is -0.477 e. The van der Waals surface area contributed by atoms with Crippen molar-refractivity contribution >= 4 is 58.3 Å². The predicted molar refractivity (Wildman–Crippen MR) is 114 cm³/mol. The molecular formula is C16H15N7O6S3. The number of carboxylic acids is 1. The predicted octanol–water partition coefficient (Wildman–Crippen LogP) is 0.633. The van der Waals surface area contributed by atoms with Crippen LogP contribution in [0.2, 0.25) is 0 Å². The van der Waals surface area contributed by atoms with Crippen LogP contribution in [0.25, 0.3) is 0 Å². The highest BCUT2D eigenvalue weighted by atomic mass is 32.2. The minimum absolute atomic E-state index is 0.109. The number of β-lactam (4-membered cyclic amide) rings is 1. The lowest BCUT2D eigenvalue weighted by molar-refractivity contribution is -0.385. The van der Waals surface area contributed by atoms with Crippen molar-refractivity contribution in [2.75, 3.05) is 11.5 Å². The number of carboxylic acid groups (broad SMARTS) is 1. The fraction of sp³-hybridized carbons (Fsp3) is 0.375. The SMILES string of the molecule is Cc1nnc(SCC2=C(C(=O)O)N3C(=O)[C@@H](NC(=O)c4nn(C)cc4[N+](=O)[O-])[C@H]3SC2)s1. The summed E-state index contributed by atoms with van der Waals surface area (Å²) < 4.78 is 1.83. The molecule has 32 heavy (non-hydrogen) atoms. The minimum atomic E-state index is -1.24. The first-order valence-corrected chi connectivity index (χ1v) is 11.8. The van der Waals surface area contributed by atoms with Crippen molar-refractivity contribution in [2.24, 2.45) is 7.05 Å². The van der Waals surface area contributed by atoms with Crippen LogP contribution in [0.1, 0.15) is 15.5 Å². The topological polar surface area (TPSA) is 173 Å². The van der Waals surface area contributed by atoms with E-state index in [1.54, 1.807) is 0 Å². The zero-order chi connectivity index (χ0) is 23.2. The van der Waals surface area contributed by atoms with Gasteiger partial charge in [0.25, 0.3) is 11.8 Å². The first-order valence-electron chi connectivity index (χ1n) is 8.99. The molecule has 2 N–H and O–H groups in total. The number of aryl methyl sites for hydroxylation is 2. The molecule has 0 radical (unpaired) electrons. The van der Waals surface area contributed by atoms with Gasteiger partial charge in [-0.25, -0.2) is 4.79 Å². The molecular weight excluding hydrogens is 482 g/mol. The molecule has 0 unspecified atom stereocenters. The number of amides is 2. The van der Waals surface area contributed by atoms with Gasteiger partial charge < -0.3 is 10.4 Å². The fourth-order valence-electron chi connectivity index (χ4n) is 3.26. The molecule has 2 atom stereocenters. The highest BCUT2D eigenvalue weighted by Gasteiger charge is 2.54. The van der Waals surface area contributed by atoms with Crippen LogP contribution >= 0.6 is 34.9 Å². The summed E-state index contributed by atoms with van der Waals surface area (Å²) in [4.78, 5) is 48.7. The Morgan fingerprint density at radius 3 is 2.81 bits per heavy atom. The number of thioether (sulfide) groups is 2. The lowest BCUT2D eigenvalue weighted by Crippen LogP contribution is -2.70. The van der Waals surface area contributed by atoms with E-state index in [2.05, 4.69) is 20.6 Å². The third kappa shape index (κ3) is 3.95. The maximum atomic E-state index is 12.7. The summed E-state index contributed by atoms with van der Waals surface area (Å²) in [5.74, 6) is -2.03. The summed E-state index contributed by atoms with van der Waals surface area (Å²) >= 11 is 4.04. The zero-order valence-electron chi connectivity index (χ0n) is 16.5. The third-order valence-corrected chi connectivity index (χ3v) is 8.03. The van der Waals surface area contributed by atoms with Gasteiger partial charge in [0.2, 0.25) is 5.69 Å². The van der Waals surface area contributed by atoms with Gasteiger partial charge in [0.05, 0.1) is 4.92 Å². The van der Waals surface area contributed by atoms with E-state index in [9.17, 15) is 29.6 Å². The molecule has 2 aromatic rings. The molecule has 16 heteroatoms. The second kappa shape index (κ2) is 8.51.